The number of hydrogen-bond donors (Lipinski definition) is 2. The Balaban J connectivity index is 1.84. The van der Waals surface area contributed by atoms with E-state index in [1.807, 2.05) is 19.1 Å². The largest absolute Gasteiger partial charge is 0.335 e. The maximum Gasteiger partial charge on any atom is 0.320 e. The van der Waals surface area contributed by atoms with Crippen LogP contribution in [0.1, 0.15) is 37.8 Å². The molecular weight excluding hydrogens is 214 g/mol. The van der Waals surface area contributed by atoms with Crippen LogP contribution in [0.5, 0.6) is 0 Å². The van der Waals surface area contributed by atoms with E-state index in [-0.39, 0.29) is 6.03 Å². The van der Waals surface area contributed by atoms with Crippen LogP contribution < -0.4 is 10.6 Å². The van der Waals surface area contributed by atoms with Crippen LogP contribution in [0.25, 0.3) is 0 Å². The molecule has 0 atom stereocenters. The van der Waals surface area contributed by atoms with Gasteiger partial charge in [0, 0.05) is 11.7 Å². The van der Waals surface area contributed by atoms with Gasteiger partial charge in [-0.2, -0.15) is 0 Å². The molecule has 0 radical (unpaired) electrons. The lowest BCUT2D eigenvalue weighted by Crippen LogP contribution is -2.39. The Hall–Kier alpha value is -1.58. The first-order valence-corrected chi connectivity index (χ1v) is 6.25. The summed E-state index contributed by atoms with van der Waals surface area (Å²) < 4.78 is 0. The van der Waals surface area contributed by atoms with Crippen molar-refractivity contribution in [2.75, 3.05) is 5.32 Å². The van der Waals surface area contributed by atoms with Gasteiger partial charge in [-0.1, -0.05) is 25.3 Å². The van der Waals surface area contributed by atoms with E-state index in [1.54, 1.807) is 6.07 Å². The van der Waals surface area contributed by atoms with Crippen molar-refractivity contribution in [3.8, 4) is 0 Å². The van der Waals surface area contributed by atoms with E-state index < -0.39 is 0 Å². The Morgan fingerprint density at radius 1 is 1.29 bits per heavy atom. The molecule has 0 aromatic carbocycles. The average molecular weight is 233 g/mol. The molecule has 2 N–H and O–H groups in total. The second-order valence-electron chi connectivity index (χ2n) is 4.60. The molecule has 1 heterocycles. The number of anilines is 1. The molecule has 4 nitrogen and oxygen atoms in total. The summed E-state index contributed by atoms with van der Waals surface area (Å²) in [7, 11) is 0. The average Bonchev–Trinajstić information content (AvgIpc) is 2.30. The maximum atomic E-state index is 11.7. The molecule has 0 unspecified atom stereocenters. The van der Waals surface area contributed by atoms with Crippen LogP contribution >= 0.6 is 0 Å². The number of hydrogen-bond acceptors (Lipinski definition) is 2. The Morgan fingerprint density at radius 2 is 2.06 bits per heavy atom. The van der Waals surface area contributed by atoms with Crippen LogP contribution in [0.2, 0.25) is 0 Å². The molecule has 2 amide bonds. The van der Waals surface area contributed by atoms with Crippen molar-refractivity contribution in [1.29, 1.82) is 0 Å². The van der Waals surface area contributed by atoms with Gasteiger partial charge >= 0.3 is 6.03 Å². The highest BCUT2D eigenvalue weighted by Gasteiger charge is 2.15. The van der Waals surface area contributed by atoms with E-state index in [9.17, 15) is 4.79 Å². The fraction of sp³-hybridized carbons (Fsp3) is 0.538. The summed E-state index contributed by atoms with van der Waals surface area (Å²) in [5.74, 6) is 0.610. The second-order valence-corrected chi connectivity index (χ2v) is 4.60. The van der Waals surface area contributed by atoms with E-state index in [4.69, 9.17) is 0 Å². The molecule has 1 aromatic heterocycles. The lowest BCUT2D eigenvalue weighted by molar-refractivity contribution is 0.244. The summed E-state index contributed by atoms with van der Waals surface area (Å²) in [4.78, 5) is 16.0. The van der Waals surface area contributed by atoms with Gasteiger partial charge < -0.3 is 5.32 Å². The van der Waals surface area contributed by atoms with Gasteiger partial charge in [-0.15, -0.1) is 0 Å². The first-order valence-electron chi connectivity index (χ1n) is 6.25. The number of aryl methyl sites for hydroxylation is 1. The Bertz CT molecular complexity index is 386. The highest BCUT2D eigenvalue weighted by Crippen LogP contribution is 2.17. The lowest BCUT2D eigenvalue weighted by Gasteiger charge is -2.22. The number of aromatic nitrogens is 1. The minimum Gasteiger partial charge on any atom is -0.335 e. The Labute approximate surface area is 102 Å². The monoisotopic (exact) mass is 233 g/mol. The van der Waals surface area contributed by atoms with Crippen molar-refractivity contribution < 1.29 is 4.79 Å². The van der Waals surface area contributed by atoms with Gasteiger partial charge in [0.2, 0.25) is 0 Å². The number of amides is 2. The van der Waals surface area contributed by atoms with Crippen LogP contribution in [0.4, 0.5) is 10.6 Å². The molecule has 0 spiro atoms. The number of pyridine rings is 1. The smallest absolute Gasteiger partial charge is 0.320 e. The zero-order valence-corrected chi connectivity index (χ0v) is 10.2. The zero-order chi connectivity index (χ0) is 12.1. The summed E-state index contributed by atoms with van der Waals surface area (Å²) in [5, 5.41) is 5.77. The highest BCUT2D eigenvalue weighted by molar-refractivity contribution is 5.88. The first-order chi connectivity index (χ1) is 8.24. The number of nitrogens with zero attached hydrogens (tertiary/aromatic N) is 1. The molecule has 1 aliphatic carbocycles. The summed E-state index contributed by atoms with van der Waals surface area (Å²) in [6, 6.07) is 5.78. The first kappa shape index (κ1) is 11.9. The summed E-state index contributed by atoms with van der Waals surface area (Å²) >= 11 is 0. The molecule has 4 heteroatoms. The normalized spacial score (nSPS) is 16.5. The van der Waals surface area contributed by atoms with Crippen LogP contribution in [-0.2, 0) is 0 Å². The Morgan fingerprint density at radius 3 is 2.76 bits per heavy atom. The van der Waals surface area contributed by atoms with Crippen LogP contribution in [0.3, 0.4) is 0 Å². The van der Waals surface area contributed by atoms with Crippen molar-refractivity contribution >= 4 is 11.8 Å². The van der Waals surface area contributed by atoms with E-state index in [0.29, 0.717) is 11.9 Å². The van der Waals surface area contributed by atoms with E-state index in [0.717, 1.165) is 18.5 Å². The maximum absolute atomic E-state index is 11.7. The van der Waals surface area contributed by atoms with E-state index >= 15 is 0 Å². The third-order valence-electron chi connectivity index (χ3n) is 3.07. The van der Waals surface area contributed by atoms with Crippen LogP contribution in [-0.4, -0.2) is 17.1 Å². The molecule has 1 aromatic rings. The predicted molar refractivity (Wildman–Crippen MR) is 68.0 cm³/mol. The topological polar surface area (TPSA) is 54.0 Å². The van der Waals surface area contributed by atoms with Gasteiger partial charge in [0.25, 0.3) is 0 Å². The Kier molecular flexibility index (Phi) is 3.96. The minimum absolute atomic E-state index is 0.144. The molecular formula is C13H19N3O. The molecule has 1 saturated carbocycles. The van der Waals surface area contributed by atoms with Crippen molar-refractivity contribution in [3.05, 3.63) is 23.9 Å². The number of rotatable bonds is 2. The van der Waals surface area contributed by atoms with Crippen LogP contribution in [0, 0.1) is 6.92 Å². The van der Waals surface area contributed by atoms with Gasteiger partial charge in [-0.3, -0.25) is 5.32 Å². The SMILES string of the molecule is Cc1cccc(NC(=O)NC2CCCCC2)n1. The van der Waals surface area contributed by atoms with Gasteiger partial charge in [-0.05, 0) is 31.9 Å². The second kappa shape index (κ2) is 5.66. The highest BCUT2D eigenvalue weighted by atomic mass is 16.2. The molecule has 2 rings (SSSR count). The third kappa shape index (κ3) is 3.73. The predicted octanol–water partition coefficient (Wildman–Crippen LogP) is 2.84. The number of carbonyl (C=O) groups excluding carboxylic acids is 1. The van der Waals surface area contributed by atoms with E-state index in [2.05, 4.69) is 15.6 Å². The van der Waals surface area contributed by atoms with Crippen molar-refractivity contribution in [2.45, 2.75) is 45.1 Å². The summed E-state index contributed by atoms with van der Waals surface area (Å²) in [6.07, 6.45) is 5.91. The number of urea groups is 1. The molecule has 92 valence electrons. The van der Waals surface area contributed by atoms with Gasteiger partial charge in [0.15, 0.2) is 0 Å². The van der Waals surface area contributed by atoms with Crippen molar-refractivity contribution in [2.24, 2.45) is 0 Å². The molecule has 0 aliphatic heterocycles. The van der Waals surface area contributed by atoms with Gasteiger partial charge in [0.05, 0.1) is 0 Å². The van der Waals surface area contributed by atoms with Gasteiger partial charge in [-0.25, -0.2) is 9.78 Å². The minimum atomic E-state index is -0.144. The molecule has 1 aliphatic rings. The molecule has 17 heavy (non-hydrogen) atoms. The van der Waals surface area contributed by atoms with Gasteiger partial charge in [0.1, 0.15) is 5.82 Å². The van der Waals surface area contributed by atoms with Crippen molar-refractivity contribution in [1.82, 2.24) is 10.3 Å². The summed E-state index contributed by atoms with van der Waals surface area (Å²) in [5.41, 5.74) is 0.903. The standard InChI is InChI=1S/C13H19N3O/c1-10-6-5-9-12(14-10)16-13(17)15-11-7-3-2-4-8-11/h5-6,9,11H,2-4,7-8H2,1H3,(H2,14,15,16,17). The lowest BCUT2D eigenvalue weighted by atomic mass is 9.96. The molecule has 0 saturated heterocycles. The fourth-order valence-electron chi connectivity index (χ4n) is 2.20. The fourth-order valence-corrected chi connectivity index (χ4v) is 2.20. The summed E-state index contributed by atoms with van der Waals surface area (Å²) in [6.45, 7) is 1.91. The third-order valence-corrected chi connectivity index (χ3v) is 3.07. The van der Waals surface area contributed by atoms with Crippen molar-refractivity contribution in [3.63, 3.8) is 0 Å². The van der Waals surface area contributed by atoms with E-state index in [1.165, 1.54) is 19.3 Å². The quantitative estimate of drug-likeness (QED) is 0.825. The van der Waals surface area contributed by atoms with Crippen LogP contribution in [0.15, 0.2) is 18.2 Å². The molecule has 1 fully saturated rings. The molecule has 0 bridgehead atoms. The zero-order valence-electron chi connectivity index (χ0n) is 10.2. The number of carbonyl (C=O) groups is 1. The number of nitrogens with one attached hydrogen (secondary N) is 2.